The summed E-state index contributed by atoms with van der Waals surface area (Å²) in [7, 11) is 0. The van der Waals surface area contributed by atoms with Crippen molar-refractivity contribution in [3.63, 3.8) is 0 Å². The Morgan fingerprint density at radius 1 is 1.44 bits per heavy atom. The fraction of sp³-hybridized carbons (Fsp3) is 0.818. The highest BCUT2D eigenvalue weighted by Gasteiger charge is 2.52. The second-order valence-electron chi connectivity index (χ2n) is 5.44. The lowest BCUT2D eigenvalue weighted by atomic mass is 9.90. The number of carbonyl (C=O) groups excluding carboxylic acids is 1. The highest BCUT2D eigenvalue weighted by Crippen LogP contribution is 2.23. The summed E-state index contributed by atoms with van der Waals surface area (Å²) in [6.45, 7) is 6.23. The van der Waals surface area contributed by atoms with Crippen molar-refractivity contribution in [1.82, 2.24) is 10.2 Å². The van der Waals surface area contributed by atoms with Crippen LogP contribution in [-0.4, -0.2) is 59.4 Å². The van der Waals surface area contributed by atoms with Gasteiger partial charge in [-0.1, -0.05) is 0 Å². The van der Waals surface area contributed by atoms with Crippen LogP contribution in [0.4, 0.5) is 4.79 Å². The van der Waals surface area contributed by atoms with E-state index in [0.29, 0.717) is 13.1 Å². The largest absolute Gasteiger partial charge is 0.480 e. The SMILES string of the molecule is CC(C)(C)OC(=O)N1CC(NCCN)(C(=O)O)C1. The van der Waals surface area contributed by atoms with E-state index in [1.807, 2.05) is 0 Å². The van der Waals surface area contributed by atoms with E-state index >= 15 is 0 Å². The number of hydrogen-bond acceptors (Lipinski definition) is 5. The van der Waals surface area contributed by atoms with Crippen LogP contribution in [0.15, 0.2) is 0 Å². The van der Waals surface area contributed by atoms with Gasteiger partial charge >= 0.3 is 12.1 Å². The van der Waals surface area contributed by atoms with Crippen molar-refractivity contribution >= 4 is 12.1 Å². The molecule has 0 unspecified atom stereocenters. The van der Waals surface area contributed by atoms with Crippen LogP contribution in [0.25, 0.3) is 0 Å². The fourth-order valence-electron chi connectivity index (χ4n) is 1.70. The maximum atomic E-state index is 11.7. The molecule has 0 aromatic heterocycles. The topological polar surface area (TPSA) is 105 Å². The zero-order chi connectivity index (χ0) is 14.0. The van der Waals surface area contributed by atoms with E-state index in [4.69, 9.17) is 15.6 Å². The maximum Gasteiger partial charge on any atom is 0.410 e. The van der Waals surface area contributed by atoms with Crippen LogP contribution in [0.3, 0.4) is 0 Å². The molecule has 0 aromatic carbocycles. The number of hydrogen-bond donors (Lipinski definition) is 3. The Bertz CT molecular complexity index is 332. The number of carboxylic acid groups (broad SMARTS) is 1. The summed E-state index contributed by atoms with van der Waals surface area (Å²) in [5, 5.41) is 12.0. The second-order valence-corrected chi connectivity index (χ2v) is 5.44. The number of carboxylic acids is 1. The van der Waals surface area contributed by atoms with Crippen molar-refractivity contribution in [2.75, 3.05) is 26.2 Å². The second kappa shape index (κ2) is 5.11. The van der Waals surface area contributed by atoms with E-state index in [0.717, 1.165) is 0 Å². The van der Waals surface area contributed by atoms with Crippen molar-refractivity contribution in [2.45, 2.75) is 31.9 Å². The molecule has 1 heterocycles. The maximum absolute atomic E-state index is 11.7. The Labute approximate surface area is 106 Å². The van der Waals surface area contributed by atoms with E-state index in [2.05, 4.69) is 5.32 Å². The molecule has 0 radical (unpaired) electrons. The van der Waals surface area contributed by atoms with Gasteiger partial charge in [0.15, 0.2) is 5.54 Å². The number of nitrogens with two attached hydrogens (primary N) is 1. The smallest absolute Gasteiger partial charge is 0.410 e. The number of amides is 1. The molecule has 1 aliphatic rings. The molecule has 0 aromatic rings. The van der Waals surface area contributed by atoms with Crippen LogP contribution in [0.1, 0.15) is 20.8 Å². The summed E-state index contributed by atoms with van der Waals surface area (Å²) in [4.78, 5) is 24.2. The number of likely N-dealkylation sites (tertiary alicyclic amines) is 1. The first-order valence-corrected chi connectivity index (χ1v) is 5.87. The Balaban J connectivity index is 2.53. The van der Waals surface area contributed by atoms with Gasteiger partial charge < -0.3 is 20.5 Å². The molecular formula is C11H21N3O4. The third-order valence-electron chi connectivity index (χ3n) is 2.59. The molecule has 104 valence electrons. The molecule has 7 nitrogen and oxygen atoms in total. The predicted molar refractivity (Wildman–Crippen MR) is 65.2 cm³/mol. The van der Waals surface area contributed by atoms with Crippen LogP contribution >= 0.6 is 0 Å². The van der Waals surface area contributed by atoms with Gasteiger partial charge in [-0.25, -0.2) is 4.79 Å². The zero-order valence-electron chi connectivity index (χ0n) is 11.0. The van der Waals surface area contributed by atoms with E-state index in [9.17, 15) is 9.59 Å². The molecule has 18 heavy (non-hydrogen) atoms. The molecule has 1 saturated heterocycles. The molecular weight excluding hydrogens is 238 g/mol. The molecule has 0 bridgehead atoms. The van der Waals surface area contributed by atoms with Gasteiger partial charge in [0, 0.05) is 13.1 Å². The summed E-state index contributed by atoms with van der Waals surface area (Å²) in [5.41, 5.74) is 3.66. The van der Waals surface area contributed by atoms with Gasteiger partial charge in [-0.3, -0.25) is 10.1 Å². The van der Waals surface area contributed by atoms with Gasteiger partial charge in [0.2, 0.25) is 0 Å². The molecule has 7 heteroatoms. The zero-order valence-corrected chi connectivity index (χ0v) is 11.0. The Kier molecular flexibility index (Phi) is 4.18. The van der Waals surface area contributed by atoms with E-state index in [1.54, 1.807) is 20.8 Å². The van der Waals surface area contributed by atoms with Crippen LogP contribution in [0.2, 0.25) is 0 Å². The molecule has 0 aliphatic carbocycles. The third-order valence-corrected chi connectivity index (χ3v) is 2.59. The Morgan fingerprint density at radius 2 is 2.00 bits per heavy atom. The Morgan fingerprint density at radius 3 is 2.39 bits per heavy atom. The van der Waals surface area contributed by atoms with Crippen molar-refractivity contribution < 1.29 is 19.4 Å². The van der Waals surface area contributed by atoms with Crippen LogP contribution < -0.4 is 11.1 Å². The molecule has 1 rings (SSSR count). The van der Waals surface area contributed by atoms with Gasteiger partial charge in [-0.15, -0.1) is 0 Å². The molecule has 4 N–H and O–H groups in total. The molecule has 0 spiro atoms. The van der Waals surface area contributed by atoms with Crippen molar-refractivity contribution in [3.05, 3.63) is 0 Å². The van der Waals surface area contributed by atoms with Crippen LogP contribution in [-0.2, 0) is 9.53 Å². The third kappa shape index (κ3) is 3.33. The first-order valence-electron chi connectivity index (χ1n) is 5.87. The lowest BCUT2D eigenvalue weighted by Gasteiger charge is -2.47. The molecule has 0 atom stereocenters. The first-order chi connectivity index (χ1) is 8.20. The van der Waals surface area contributed by atoms with Crippen molar-refractivity contribution in [2.24, 2.45) is 5.73 Å². The van der Waals surface area contributed by atoms with Gasteiger partial charge in [-0.2, -0.15) is 0 Å². The van der Waals surface area contributed by atoms with Crippen molar-refractivity contribution in [3.8, 4) is 0 Å². The molecule has 0 saturated carbocycles. The number of ether oxygens (including phenoxy) is 1. The first kappa shape index (κ1) is 14.7. The standard InChI is InChI=1S/C11H21N3O4/c1-10(2,3)18-9(17)14-6-11(7-14,8(15)16)13-5-4-12/h13H,4-7,12H2,1-3H3,(H,15,16). The number of nitrogens with one attached hydrogen (secondary N) is 1. The minimum atomic E-state index is -1.09. The number of rotatable bonds is 4. The average Bonchev–Trinajstić information content (AvgIpc) is 2.12. The summed E-state index contributed by atoms with van der Waals surface area (Å²) in [6.07, 6.45) is -0.492. The number of carbonyl (C=O) groups is 2. The lowest BCUT2D eigenvalue weighted by Crippen LogP contribution is -2.74. The fourth-order valence-corrected chi connectivity index (χ4v) is 1.70. The minimum absolute atomic E-state index is 0.0945. The van der Waals surface area contributed by atoms with Gasteiger partial charge in [-0.05, 0) is 20.8 Å². The average molecular weight is 259 g/mol. The predicted octanol–water partition coefficient (Wildman–Crippen LogP) is -0.391. The lowest BCUT2D eigenvalue weighted by molar-refractivity contribution is -0.152. The highest BCUT2D eigenvalue weighted by atomic mass is 16.6. The number of aliphatic carboxylic acids is 1. The Hall–Kier alpha value is -1.34. The van der Waals surface area contributed by atoms with Crippen LogP contribution in [0.5, 0.6) is 0 Å². The van der Waals surface area contributed by atoms with Gasteiger partial charge in [0.25, 0.3) is 0 Å². The normalized spacial score (nSPS) is 18.1. The minimum Gasteiger partial charge on any atom is -0.480 e. The summed E-state index contributed by atoms with van der Waals surface area (Å²) in [6, 6.07) is 0. The van der Waals surface area contributed by atoms with E-state index < -0.39 is 23.2 Å². The number of nitrogens with zero attached hydrogens (tertiary/aromatic N) is 1. The summed E-state index contributed by atoms with van der Waals surface area (Å²) >= 11 is 0. The quantitative estimate of drug-likeness (QED) is 0.635. The van der Waals surface area contributed by atoms with Gasteiger partial charge in [0.1, 0.15) is 5.60 Å². The molecule has 1 aliphatic heterocycles. The van der Waals surface area contributed by atoms with Crippen LogP contribution in [0, 0.1) is 0 Å². The van der Waals surface area contributed by atoms with E-state index in [-0.39, 0.29) is 13.1 Å². The summed E-state index contributed by atoms with van der Waals surface area (Å²) < 4.78 is 5.16. The molecule has 1 fully saturated rings. The van der Waals surface area contributed by atoms with Gasteiger partial charge in [0.05, 0.1) is 13.1 Å². The monoisotopic (exact) mass is 259 g/mol. The van der Waals surface area contributed by atoms with Crippen molar-refractivity contribution in [1.29, 1.82) is 0 Å². The van der Waals surface area contributed by atoms with E-state index in [1.165, 1.54) is 4.90 Å². The summed E-state index contributed by atoms with van der Waals surface area (Å²) in [5.74, 6) is -0.976. The molecule has 1 amide bonds. The highest BCUT2D eigenvalue weighted by molar-refractivity contribution is 5.84.